The summed E-state index contributed by atoms with van der Waals surface area (Å²) in [7, 11) is 1.52. The lowest BCUT2D eigenvalue weighted by Crippen LogP contribution is -2.02. The van der Waals surface area contributed by atoms with Gasteiger partial charge in [-0.1, -0.05) is 15.9 Å². The molecule has 0 saturated heterocycles. The highest BCUT2D eigenvalue weighted by molar-refractivity contribution is 9.10. The number of methoxy groups -OCH3 is 1. The van der Waals surface area contributed by atoms with E-state index in [-0.39, 0.29) is 5.56 Å². The Morgan fingerprint density at radius 2 is 2.18 bits per heavy atom. The quantitative estimate of drug-likeness (QED) is 0.934. The minimum absolute atomic E-state index is 0.236. The van der Waals surface area contributed by atoms with Crippen molar-refractivity contribution in [1.29, 1.82) is 0 Å². The van der Waals surface area contributed by atoms with E-state index in [2.05, 4.69) is 15.9 Å². The maximum absolute atomic E-state index is 13.6. The smallest absolute Gasteiger partial charge is 0.135 e. The number of aliphatic hydroxyl groups excluding tert-OH is 1. The second-order valence-electron chi connectivity index (χ2n) is 3.42. The molecule has 0 fully saturated rings. The molecule has 0 spiro atoms. The molecule has 1 unspecified atom stereocenters. The van der Waals surface area contributed by atoms with Gasteiger partial charge in [0.25, 0.3) is 0 Å². The molecule has 2 aromatic rings. The molecule has 0 saturated carbocycles. The fourth-order valence-corrected chi connectivity index (χ4v) is 2.78. The van der Waals surface area contributed by atoms with Crippen LogP contribution in [0.15, 0.2) is 34.1 Å². The SMILES string of the molecule is COc1ccsc1C(O)c1cc(Br)ccc1F. The zero-order chi connectivity index (χ0) is 12.4. The van der Waals surface area contributed by atoms with Crippen LogP contribution >= 0.6 is 27.3 Å². The molecule has 1 heterocycles. The number of benzene rings is 1. The minimum atomic E-state index is -1.01. The van der Waals surface area contributed by atoms with Gasteiger partial charge in [-0.05, 0) is 29.6 Å². The minimum Gasteiger partial charge on any atom is -0.495 e. The van der Waals surface area contributed by atoms with Gasteiger partial charge >= 0.3 is 0 Å². The standard InChI is InChI=1S/C12H10BrFO2S/c1-16-10-4-5-17-12(10)11(15)8-6-7(13)2-3-9(8)14/h2-6,11,15H,1H3. The van der Waals surface area contributed by atoms with Crippen LogP contribution < -0.4 is 4.74 Å². The van der Waals surface area contributed by atoms with Crippen LogP contribution in [0.3, 0.4) is 0 Å². The van der Waals surface area contributed by atoms with E-state index in [0.29, 0.717) is 10.6 Å². The third kappa shape index (κ3) is 2.51. The Morgan fingerprint density at radius 3 is 2.88 bits per heavy atom. The van der Waals surface area contributed by atoms with Gasteiger partial charge in [-0.3, -0.25) is 0 Å². The van der Waals surface area contributed by atoms with Crippen molar-refractivity contribution in [2.24, 2.45) is 0 Å². The highest BCUT2D eigenvalue weighted by Crippen LogP contribution is 2.36. The monoisotopic (exact) mass is 316 g/mol. The van der Waals surface area contributed by atoms with E-state index >= 15 is 0 Å². The Bertz CT molecular complexity index is 527. The number of thiophene rings is 1. The number of ether oxygens (including phenoxy) is 1. The van der Waals surface area contributed by atoms with Crippen molar-refractivity contribution in [3.63, 3.8) is 0 Å². The van der Waals surface area contributed by atoms with Gasteiger partial charge in [0.1, 0.15) is 17.7 Å². The topological polar surface area (TPSA) is 29.5 Å². The van der Waals surface area contributed by atoms with Crippen molar-refractivity contribution < 1.29 is 14.2 Å². The lowest BCUT2D eigenvalue weighted by molar-refractivity contribution is 0.214. The lowest BCUT2D eigenvalue weighted by Gasteiger charge is -2.12. The maximum Gasteiger partial charge on any atom is 0.135 e. The molecular formula is C12H10BrFO2S. The summed E-state index contributed by atoms with van der Waals surface area (Å²) >= 11 is 4.59. The van der Waals surface area contributed by atoms with Gasteiger partial charge in [-0.15, -0.1) is 11.3 Å². The second kappa shape index (κ2) is 5.16. The number of aliphatic hydroxyl groups is 1. The summed E-state index contributed by atoms with van der Waals surface area (Å²) in [5, 5.41) is 12.0. The molecule has 5 heteroatoms. The van der Waals surface area contributed by atoms with Crippen LogP contribution in [-0.4, -0.2) is 12.2 Å². The van der Waals surface area contributed by atoms with Crippen LogP contribution in [0.1, 0.15) is 16.5 Å². The Labute approximate surface area is 111 Å². The van der Waals surface area contributed by atoms with Gasteiger partial charge in [0.2, 0.25) is 0 Å². The fourth-order valence-electron chi connectivity index (χ4n) is 1.54. The highest BCUT2D eigenvalue weighted by atomic mass is 79.9. The molecule has 0 aliphatic carbocycles. The average molecular weight is 317 g/mol. The van der Waals surface area contributed by atoms with E-state index < -0.39 is 11.9 Å². The molecule has 90 valence electrons. The first-order chi connectivity index (χ1) is 8.13. The van der Waals surface area contributed by atoms with Gasteiger partial charge in [0, 0.05) is 10.0 Å². The van der Waals surface area contributed by atoms with Gasteiger partial charge in [0.05, 0.1) is 12.0 Å². The average Bonchev–Trinajstić information content (AvgIpc) is 2.79. The van der Waals surface area contributed by atoms with Gasteiger partial charge in [-0.25, -0.2) is 4.39 Å². The normalized spacial score (nSPS) is 12.5. The molecular weight excluding hydrogens is 307 g/mol. The summed E-state index contributed by atoms with van der Waals surface area (Å²) in [6.07, 6.45) is -1.01. The molecule has 1 N–H and O–H groups in total. The van der Waals surface area contributed by atoms with E-state index in [0.717, 1.165) is 4.47 Å². The molecule has 2 nitrogen and oxygen atoms in total. The van der Waals surface area contributed by atoms with E-state index in [1.807, 2.05) is 0 Å². The number of hydrogen-bond acceptors (Lipinski definition) is 3. The van der Waals surface area contributed by atoms with Crippen molar-refractivity contribution >= 4 is 27.3 Å². The lowest BCUT2D eigenvalue weighted by atomic mass is 10.1. The third-order valence-corrected chi connectivity index (χ3v) is 3.82. The zero-order valence-electron chi connectivity index (χ0n) is 8.98. The molecule has 1 atom stereocenters. The summed E-state index contributed by atoms with van der Waals surface area (Å²) in [4.78, 5) is 0.601. The summed E-state index contributed by atoms with van der Waals surface area (Å²) in [5.41, 5.74) is 0.236. The molecule has 0 bridgehead atoms. The summed E-state index contributed by atoms with van der Waals surface area (Å²) < 4.78 is 19.5. The zero-order valence-corrected chi connectivity index (χ0v) is 11.4. The second-order valence-corrected chi connectivity index (χ2v) is 5.28. The molecule has 2 rings (SSSR count). The summed E-state index contributed by atoms with van der Waals surface area (Å²) in [6.45, 7) is 0. The van der Waals surface area contributed by atoms with Crippen LogP contribution in [0.25, 0.3) is 0 Å². The fraction of sp³-hybridized carbons (Fsp3) is 0.167. The predicted octanol–water partition coefficient (Wildman–Crippen LogP) is 3.74. The van der Waals surface area contributed by atoms with Crippen LogP contribution in [0.4, 0.5) is 4.39 Å². The van der Waals surface area contributed by atoms with E-state index in [1.165, 1.54) is 24.5 Å². The highest BCUT2D eigenvalue weighted by Gasteiger charge is 2.20. The first-order valence-electron chi connectivity index (χ1n) is 4.88. The molecule has 0 amide bonds. The van der Waals surface area contributed by atoms with Crippen LogP contribution in [-0.2, 0) is 0 Å². The Morgan fingerprint density at radius 1 is 1.41 bits per heavy atom. The largest absolute Gasteiger partial charge is 0.495 e. The summed E-state index contributed by atoms with van der Waals surface area (Å²) in [5.74, 6) is 0.137. The van der Waals surface area contributed by atoms with Gasteiger partial charge < -0.3 is 9.84 Å². The van der Waals surface area contributed by atoms with Crippen LogP contribution in [0.2, 0.25) is 0 Å². The Kier molecular flexibility index (Phi) is 3.81. The Hall–Kier alpha value is -0.910. The number of rotatable bonds is 3. The van der Waals surface area contributed by atoms with Crippen LogP contribution in [0, 0.1) is 5.82 Å². The molecule has 0 aliphatic heterocycles. The van der Waals surface area contributed by atoms with Crippen LogP contribution in [0.5, 0.6) is 5.75 Å². The van der Waals surface area contributed by atoms with E-state index in [9.17, 15) is 9.50 Å². The first-order valence-corrected chi connectivity index (χ1v) is 6.55. The molecule has 1 aromatic carbocycles. The van der Waals surface area contributed by atoms with Crippen molar-refractivity contribution in [1.82, 2.24) is 0 Å². The van der Waals surface area contributed by atoms with Crippen molar-refractivity contribution in [3.8, 4) is 5.75 Å². The molecule has 0 aliphatic rings. The van der Waals surface area contributed by atoms with E-state index in [1.54, 1.807) is 23.6 Å². The molecule has 0 radical (unpaired) electrons. The summed E-state index contributed by atoms with van der Waals surface area (Å²) in [6, 6.07) is 6.23. The van der Waals surface area contributed by atoms with Gasteiger partial charge in [-0.2, -0.15) is 0 Å². The Balaban J connectivity index is 2.43. The molecule has 17 heavy (non-hydrogen) atoms. The third-order valence-electron chi connectivity index (χ3n) is 2.38. The van der Waals surface area contributed by atoms with E-state index in [4.69, 9.17) is 4.74 Å². The van der Waals surface area contributed by atoms with Gasteiger partial charge in [0.15, 0.2) is 0 Å². The van der Waals surface area contributed by atoms with Crippen molar-refractivity contribution in [2.75, 3.05) is 7.11 Å². The first kappa shape index (κ1) is 12.5. The van der Waals surface area contributed by atoms with Crippen molar-refractivity contribution in [3.05, 3.63) is 50.4 Å². The predicted molar refractivity (Wildman–Crippen MR) is 69.0 cm³/mol. The number of hydrogen-bond donors (Lipinski definition) is 1. The van der Waals surface area contributed by atoms with Crippen molar-refractivity contribution in [2.45, 2.75) is 6.10 Å². The maximum atomic E-state index is 13.6. The molecule has 1 aromatic heterocycles. The number of halogens is 2.